The Balaban J connectivity index is 1.18. The van der Waals surface area contributed by atoms with Crippen LogP contribution in [0, 0.1) is 13.1 Å². The first-order chi connectivity index (χ1) is 27.2. The number of hydrogen-bond acceptors (Lipinski definition) is 0. The highest BCUT2D eigenvalue weighted by Gasteiger charge is 2.32. The van der Waals surface area contributed by atoms with Gasteiger partial charge in [-0.1, -0.05) is 115 Å². The summed E-state index contributed by atoms with van der Waals surface area (Å²) in [5, 5.41) is 4.42. The van der Waals surface area contributed by atoms with Crippen LogP contribution < -0.4 is 0 Å². The molecule has 0 fully saturated rings. The van der Waals surface area contributed by atoms with E-state index in [1.54, 1.807) is 0 Å². The standard InChI is InChI=1S/C51H30N4/c1-52-33-22-26-49-44(29-33)40-16-7-9-20-47(40)54(49)35-13-11-12-32(28-35)37-25-24-36(55-48-21-10-8-17-41(48)45-30-34(53-2)23-27-50(45)55)31-46(37)51-42-18-5-3-14-38(42)39-15-4-6-19-43(39)51/h3-31,51H. The third-order valence-corrected chi connectivity index (χ3v) is 11.4. The summed E-state index contributed by atoms with van der Waals surface area (Å²) in [6.45, 7) is 15.4. The van der Waals surface area contributed by atoms with E-state index in [9.17, 15) is 0 Å². The van der Waals surface area contributed by atoms with Crippen molar-refractivity contribution in [2.24, 2.45) is 0 Å². The van der Waals surface area contributed by atoms with E-state index in [4.69, 9.17) is 13.1 Å². The van der Waals surface area contributed by atoms with Crippen LogP contribution in [0.5, 0.6) is 0 Å². The molecule has 0 amide bonds. The van der Waals surface area contributed by atoms with E-state index in [0.29, 0.717) is 11.4 Å². The average molecular weight is 699 g/mol. The Morgan fingerprint density at radius 2 is 0.873 bits per heavy atom. The van der Waals surface area contributed by atoms with E-state index in [1.807, 2.05) is 24.3 Å². The summed E-state index contributed by atoms with van der Waals surface area (Å²) in [6, 6.07) is 62.5. The van der Waals surface area contributed by atoms with Crippen molar-refractivity contribution in [3.63, 3.8) is 0 Å². The van der Waals surface area contributed by atoms with Gasteiger partial charge >= 0.3 is 0 Å². The smallest absolute Gasteiger partial charge is 0.188 e. The minimum atomic E-state index is 0.0214. The monoisotopic (exact) mass is 698 g/mol. The number of fused-ring (bicyclic) bond motifs is 9. The molecule has 0 N–H and O–H groups in total. The summed E-state index contributed by atoms with van der Waals surface area (Å²) in [5.74, 6) is 0.0214. The van der Waals surface area contributed by atoms with Gasteiger partial charge in [0.25, 0.3) is 0 Å². The van der Waals surface area contributed by atoms with Crippen LogP contribution in [0.1, 0.15) is 22.6 Å². The van der Waals surface area contributed by atoms with Crippen LogP contribution in [-0.2, 0) is 0 Å². The summed E-state index contributed by atoms with van der Waals surface area (Å²) in [7, 11) is 0. The van der Waals surface area contributed by atoms with Gasteiger partial charge in [0, 0.05) is 28.1 Å². The van der Waals surface area contributed by atoms with Crippen LogP contribution in [-0.4, -0.2) is 9.13 Å². The van der Waals surface area contributed by atoms with Crippen molar-refractivity contribution in [3.05, 3.63) is 215 Å². The fraction of sp³-hybridized carbons (Fsp3) is 0.0196. The van der Waals surface area contributed by atoms with Crippen molar-refractivity contribution in [3.8, 4) is 33.6 Å². The SMILES string of the molecule is [C-]#[N+]c1ccc2c(c1)c1ccccc1n2-c1cccc(-c2ccc(-n3c4ccccc4c4cc([N+]#[C-])ccc43)cc2C2c3ccccc3-c3ccccc32)c1. The Morgan fingerprint density at radius 3 is 1.45 bits per heavy atom. The molecule has 1 aliphatic carbocycles. The molecule has 0 unspecified atom stereocenters. The molecule has 2 aromatic heterocycles. The highest BCUT2D eigenvalue weighted by molar-refractivity contribution is 6.11. The molecule has 4 heteroatoms. The fourth-order valence-corrected chi connectivity index (χ4v) is 9.11. The Labute approximate surface area is 318 Å². The molecule has 0 spiro atoms. The highest BCUT2D eigenvalue weighted by atomic mass is 15.0. The van der Waals surface area contributed by atoms with Gasteiger partial charge in [0.15, 0.2) is 11.4 Å². The van der Waals surface area contributed by atoms with Crippen molar-refractivity contribution in [1.82, 2.24) is 9.13 Å². The number of hydrogen-bond donors (Lipinski definition) is 0. The topological polar surface area (TPSA) is 18.6 Å². The van der Waals surface area contributed by atoms with E-state index in [1.165, 1.54) is 33.4 Å². The Morgan fingerprint density at radius 1 is 0.364 bits per heavy atom. The molecule has 254 valence electrons. The second kappa shape index (κ2) is 11.9. The molecule has 2 heterocycles. The predicted octanol–water partition coefficient (Wildman–Crippen LogP) is 13.8. The van der Waals surface area contributed by atoms with Crippen LogP contribution in [0.4, 0.5) is 11.4 Å². The Kier molecular flexibility index (Phi) is 6.71. The first kappa shape index (κ1) is 30.9. The third-order valence-electron chi connectivity index (χ3n) is 11.4. The Bertz CT molecular complexity index is 3260. The largest absolute Gasteiger partial charge is 0.309 e. The molecule has 11 rings (SSSR count). The van der Waals surface area contributed by atoms with Crippen LogP contribution in [0.15, 0.2) is 176 Å². The summed E-state index contributed by atoms with van der Waals surface area (Å²) in [6.07, 6.45) is 0. The van der Waals surface area contributed by atoms with E-state index < -0.39 is 0 Å². The van der Waals surface area contributed by atoms with Crippen LogP contribution >= 0.6 is 0 Å². The van der Waals surface area contributed by atoms with Gasteiger partial charge in [-0.05, 0) is 110 Å². The quantitative estimate of drug-likeness (QED) is 0.163. The normalized spacial score (nSPS) is 12.3. The molecular formula is C51H30N4. The molecule has 8 aromatic carbocycles. The van der Waals surface area contributed by atoms with Crippen molar-refractivity contribution in [1.29, 1.82) is 0 Å². The molecule has 55 heavy (non-hydrogen) atoms. The first-order valence-electron chi connectivity index (χ1n) is 18.4. The Hall–Kier alpha value is -7.66. The summed E-state index contributed by atoms with van der Waals surface area (Å²) >= 11 is 0. The van der Waals surface area contributed by atoms with Crippen LogP contribution in [0.25, 0.3) is 86.9 Å². The van der Waals surface area contributed by atoms with E-state index in [2.05, 4.69) is 170 Å². The second-order valence-corrected chi connectivity index (χ2v) is 14.3. The maximum Gasteiger partial charge on any atom is 0.188 e. The lowest BCUT2D eigenvalue weighted by molar-refractivity contribution is 1.01. The summed E-state index contributed by atoms with van der Waals surface area (Å²) in [5.41, 5.74) is 16.5. The number of rotatable bonds is 4. The van der Waals surface area contributed by atoms with Crippen molar-refractivity contribution < 1.29 is 0 Å². The molecule has 0 saturated carbocycles. The molecule has 0 bridgehead atoms. The highest BCUT2D eigenvalue weighted by Crippen LogP contribution is 2.51. The van der Waals surface area contributed by atoms with Crippen LogP contribution in [0.3, 0.4) is 0 Å². The van der Waals surface area contributed by atoms with Gasteiger partial charge in [-0.2, -0.15) is 0 Å². The van der Waals surface area contributed by atoms with Crippen LogP contribution in [0.2, 0.25) is 0 Å². The number of para-hydroxylation sites is 2. The molecule has 4 nitrogen and oxygen atoms in total. The molecule has 0 aliphatic heterocycles. The fourth-order valence-electron chi connectivity index (χ4n) is 9.11. The number of nitrogens with zero attached hydrogens (tertiary/aromatic N) is 4. The second-order valence-electron chi connectivity index (χ2n) is 14.3. The lowest BCUT2D eigenvalue weighted by Gasteiger charge is -2.22. The van der Waals surface area contributed by atoms with E-state index in [0.717, 1.165) is 60.5 Å². The third kappa shape index (κ3) is 4.56. The number of aromatic nitrogens is 2. The molecule has 0 saturated heterocycles. The average Bonchev–Trinajstić information content (AvgIpc) is 3.88. The molecule has 0 radical (unpaired) electrons. The van der Waals surface area contributed by atoms with Crippen molar-refractivity contribution in [2.75, 3.05) is 0 Å². The first-order valence-corrected chi connectivity index (χ1v) is 18.4. The number of benzene rings is 8. The molecule has 0 atom stereocenters. The predicted molar refractivity (Wildman–Crippen MR) is 226 cm³/mol. The maximum absolute atomic E-state index is 7.71. The maximum atomic E-state index is 7.71. The zero-order chi connectivity index (χ0) is 36.6. The van der Waals surface area contributed by atoms with Gasteiger partial charge in [-0.25, -0.2) is 9.69 Å². The van der Waals surface area contributed by atoms with Gasteiger partial charge in [0.1, 0.15) is 0 Å². The molecule has 1 aliphatic rings. The van der Waals surface area contributed by atoms with Crippen molar-refractivity contribution >= 4 is 55.0 Å². The summed E-state index contributed by atoms with van der Waals surface area (Å²) < 4.78 is 4.68. The van der Waals surface area contributed by atoms with Crippen molar-refractivity contribution in [2.45, 2.75) is 5.92 Å². The van der Waals surface area contributed by atoms with Gasteiger partial charge < -0.3 is 9.13 Å². The lowest BCUT2D eigenvalue weighted by Crippen LogP contribution is -2.05. The minimum absolute atomic E-state index is 0.0214. The van der Waals surface area contributed by atoms with Gasteiger partial charge in [0.05, 0.1) is 35.2 Å². The van der Waals surface area contributed by atoms with E-state index >= 15 is 0 Å². The zero-order valence-electron chi connectivity index (χ0n) is 29.6. The zero-order valence-corrected chi connectivity index (χ0v) is 29.6. The van der Waals surface area contributed by atoms with E-state index in [-0.39, 0.29) is 5.92 Å². The van der Waals surface area contributed by atoms with Gasteiger partial charge in [-0.3, -0.25) is 0 Å². The minimum Gasteiger partial charge on any atom is -0.309 e. The lowest BCUT2D eigenvalue weighted by atomic mass is 9.84. The molecular weight excluding hydrogens is 669 g/mol. The molecule has 10 aromatic rings. The summed E-state index contributed by atoms with van der Waals surface area (Å²) in [4.78, 5) is 7.49. The van der Waals surface area contributed by atoms with Gasteiger partial charge in [0.2, 0.25) is 0 Å². The van der Waals surface area contributed by atoms with Gasteiger partial charge in [-0.15, -0.1) is 0 Å².